The van der Waals surface area contributed by atoms with Crippen molar-refractivity contribution in [1.82, 2.24) is 9.80 Å². The first-order chi connectivity index (χ1) is 10.7. The molecule has 0 bridgehead atoms. The molecule has 0 spiro atoms. The Kier molecular flexibility index (Phi) is 6.96. The molecule has 0 radical (unpaired) electrons. The number of rotatable bonds is 7. The number of hydrogen-bond donors (Lipinski definition) is 1. The van der Waals surface area contributed by atoms with Crippen molar-refractivity contribution in [3.8, 4) is 5.75 Å². The van der Waals surface area contributed by atoms with Gasteiger partial charge in [0.05, 0.1) is 0 Å². The molecular weight excluding hydrogens is 302 g/mol. The van der Waals surface area contributed by atoms with E-state index in [1.54, 1.807) is 0 Å². The second-order valence-electron chi connectivity index (χ2n) is 5.42. The maximum atomic E-state index is 11.9. The van der Waals surface area contributed by atoms with Crippen LogP contribution in [0.25, 0.3) is 0 Å². The summed E-state index contributed by atoms with van der Waals surface area (Å²) in [6.07, 6.45) is 1.34. The van der Waals surface area contributed by atoms with E-state index in [1.165, 1.54) is 0 Å². The van der Waals surface area contributed by atoms with Crippen molar-refractivity contribution >= 4 is 17.5 Å². The van der Waals surface area contributed by atoms with Gasteiger partial charge in [-0.2, -0.15) is 0 Å². The van der Waals surface area contributed by atoms with E-state index in [9.17, 15) is 4.79 Å². The topological polar surface area (TPSA) is 58.8 Å². The summed E-state index contributed by atoms with van der Waals surface area (Å²) >= 11 is 5.84. The summed E-state index contributed by atoms with van der Waals surface area (Å²) in [5.74, 6) is 1.06. The van der Waals surface area contributed by atoms with Gasteiger partial charge in [0.25, 0.3) is 0 Å². The standard InChI is InChI=1S/C16H24ClN3O2/c17-14-3-5-15(6-4-14)22-13-12-19-8-10-20(11-9-19)16(21)2-1-7-18/h3-6H,1-2,7-13,18H2. The lowest BCUT2D eigenvalue weighted by Gasteiger charge is -2.34. The van der Waals surface area contributed by atoms with Crippen LogP contribution in [0.4, 0.5) is 0 Å². The minimum Gasteiger partial charge on any atom is -0.492 e. The molecule has 1 amide bonds. The third-order valence-electron chi connectivity index (χ3n) is 3.81. The molecule has 122 valence electrons. The smallest absolute Gasteiger partial charge is 0.222 e. The van der Waals surface area contributed by atoms with Crippen LogP contribution >= 0.6 is 11.6 Å². The van der Waals surface area contributed by atoms with Gasteiger partial charge in [0.1, 0.15) is 12.4 Å². The summed E-state index contributed by atoms with van der Waals surface area (Å²) in [7, 11) is 0. The van der Waals surface area contributed by atoms with Crippen molar-refractivity contribution < 1.29 is 9.53 Å². The number of carbonyl (C=O) groups excluding carboxylic acids is 1. The zero-order valence-corrected chi connectivity index (χ0v) is 13.6. The van der Waals surface area contributed by atoms with Gasteiger partial charge in [0, 0.05) is 44.2 Å². The highest BCUT2D eigenvalue weighted by molar-refractivity contribution is 6.30. The van der Waals surface area contributed by atoms with Gasteiger partial charge < -0.3 is 15.4 Å². The predicted molar refractivity (Wildman–Crippen MR) is 88.3 cm³/mol. The monoisotopic (exact) mass is 325 g/mol. The van der Waals surface area contributed by atoms with Crippen LogP contribution in [-0.4, -0.2) is 61.6 Å². The van der Waals surface area contributed by atoms with Crippen LogP contribution in [0.15, 0.2) is 24.3 Å². The van der Waals surface area contributed by atoms with Crippen LogP contribution in [0, 0.1) is 0 Å². The number of nitrogens with two attached hydrogens (primary N) is 1. The van der Waals surface area contributed by atoms with Crippen LogP contribution in [0.1, 0.15) is 12.8 Å². The Morgan fingerprint density at radius 2 is 1.86 bits per heavy atom. The minimum atomic E-state index is 0.225. The number of ether oxygens (including phenoxy) is 1. The van der Waals surface area contributed by atoms with Crippen molar-refractivity contribution in [3.63, 3.8) is 0 Å². The first-order valence-electron chi connectivity index (χ1n) is 7.77. The lowest BCUT2D eigenvalue weighted by atomic mass is 10.2. The number of amides is 1. The molecule has 6 heteroatoms. The summed E-state index contributed by atoms with van der Waals surface area (Å²) in [5, 5.41) is 0.711. The number of hydrogen-bond acceptors (Lipinski definition) is 4. The number of carbonyl (C=O) groups is 1. The first kappa shape index (κ1) is 17.1. The molecule has 0 atom stereocenters. The molecule has 22 heavy (non-hydrogen) atoms. The van der Waals surface area contributed by atoms with E-state index in [0.717, 1.165) is 44.9 Å². The number of halogens is 1. The largest absolute Gasteiger partial charge is 0.492 e. The van der Waals surface area contributed by atoms with Crippen molar-refractivity contribution in [2.75, 3.05) is 45.9 Å². The Morgan fingerprint density at radius 1 is 1.18 bits per heavy atom. The number of piperazine rings is 1. The summed E-state index contributed by atoms with van der Waals surface area (Å²) in [5.41, 5.74) is 5.44. The Morgan fingerprint density at radius 3 is 2.50 bits per heavy atom. The molecule has 1 aromatic carbocycles. The fourth-order valence-corrected chi connectivity index (χ4v) is 2.58. The Balaban J connectivity index is 1.63. The normalized spacial score (nSPS) is 15.8. The van der Waals surface area contributed by atoms with E-state index < -0.39 is 0 Å². The summed E-state index contributed by atoms with van der Waals surface area (Å²) in [6, 6.07) is 7.39. The molecule has 1 saturated heterocycles. The SMILES string of the molecule is NCCCC(=O)N1CCN(CCOc2ccc(Cl)cc2)CC1. The van der Waals surface area contributed by atoms with Crippen molar-refractivity contribution in [2.45, 2.75) is 12.8 Å². The molecule has 1 fully saturated rings. The fraction of sp³-hybridized carbons (Fsp3) is 0.562. The maximum absolute atomic E-state index is 11.9. The Bertz CT molecular complexity index is 459. The highest BCUT2D eigenvalue weighted by atomic mass is 35.5. The van der Waals surface area contributed by atoms with Gasteiger partial charge in [0.15, 0.2) is 0 Å². The van der Waals surface area contributed by atoms with Gasteiger partial charge >= 0.3 is 0 Å². The third-order valence-corrected chi connectivity index (χ3v) is 4.06. The maximum Gasteiger partial charge on any atom is 0.222 e. The van der Waals surface area contributed by atoms with Crippen molar-refractivity contribution in [2.24, 2.45) is 5.73 Å². The average molecular weight is 326 g/mol. The summed E-state index contributed by atoms with van der Waals surface area (Å²) < 4.78 is 5.70. The van der Waals surface area contributed by atoms with Gasteiger partial charge in [-0.15, -0.1) is 0 Å². The molecule has 0 aliphatic carbocycles. The average Bonchev–Trinajstić information content (AvgIpc) is 2.55. The molecule has 5 nitrogen and oxygen atoms in total. The Hall–Kier alpha value is -1.30. The van der Waals surface area contributed by atoms with Crippen LogP contribution in [0.2, 0.25) is 5.02 Å². The second-order valence-corrected chi connectivity index (χ2v) is 5.85. The van der Waals surface area contributed by atoms with Gasteiger partial charge in [-0.05, 0) is 37.2 Å². The van der Waals surface area contributed by atoms with Gasteiger partial charge in [-0.3, -0.25) is 9.69 Å². The molecule has 2 N–H and O–H groups in total. The summed E-state index contributed by atoms with van der Waals surface area (Å²) in [4.78, 5) is 16.2. The lowest BCUT2D eigenvalue weighted by molar-refractivity contribution is -0.133. The molecule has 1 aromatic rings. The second kappa shape index (κ2) is 8.98. The third kappa shape index (κ3) is 5.48. The predicted octanol–water partition coefficient (Wildman–Crippen LogP) is 1.60. The highest BCUT2D eigenvalue weighted by Gasteiger charge is 2.20. The molecule has 1 heterocycles. The van der Waals surface area contributed by atoms with Crippen LogP contribution in [-0.2, 0) is 4.79 Å². The van der Waals surface area contributed by atoms with E-state index in [2.05, 4.69) is 4.90 Å². The van der Waals surface area contributed by atoms with Crippen LogP contribution in [0.3, 0.4) is 0 Å². The van der Waals surface area contributed by atoms with E-state index in [1.807, 2.05) is 29.2 Å². The molecule has 1 aliphatic rings. The molecular formula is C16H24ClN3O2. The highest BCUT2D eigenvalue weighted by Crippen LogP contribution is 2.15. The molecule has 1 aliphatic heterocycles. The van der Waals surface area contributed by atoms with Crippen molar-refractivity contribution in [3.05, 3.63) is 29.3 Å². The van der Waals surface area contributed by atoms with E-state index in [-0.39, 0.29) is 5.91 Å². The summed E-state index contributed by atoms with van der Waals surface area (Å²) in [6.45, 7) is 5.48. The zero-order chi connectivity index (χ0) is 15.8. The lowest BCUT2D eigenvalue weighted by Crippen LogP contribution is -2.49. The van der Waals surface area contributed by atoms with E-state index in [4.69, 9.17) is 22.1 Å². The van der Waals surface area contributed by atoms with E-state index in [0.29, 0.717) is 24.6 Å². The van der Waals surface area contributed by atoms with Gasteiger partial charge in [0.2, 0.25) is 5.91 Å². The minimum absolute atomic E-state index is 0.225. The first-order valence-corrected chi connectivity index (χ1v) is 8.15. The molecule has 0 unspecified atom stereocenters. The number of benzene rings is 1. The van der Waals surface area contributed by atoms with Crippen molar-refractivity contribution in [1.29, 1.82) is 0 Å². The molecule has 0 saturated carbocycles. The molecule has 2 rings (SSSR count). The van der Waals surface area contributed by atoms with Crippen LogP contribution in [0.5, 0.6) is 5.75 Å². The van der Waals surface area contributed by atoms with Gasteiger partial charge in [-0.25, -0.2) is 0 Å². The van der Waals surface area contributed by atoms with E-state index >= 15 is 0 Å². The fourth-order valence-electron chi connectivity index (χ4n) is 2.46. The quantitative estimate of drug-likeness (QED) is 0.827. The molecule has 0 aromatic heterocycles. The van der Waals surface area contributed by atoms with Crippen LogP contribution < -0.4 is 10.5 Å². The number of nitrogens with zero attached hydrogens (tertiary/aromatic N) is 2. The van der Waals surface area contributed by atoms with Gasteiger partial charge in [-0.1, -0.05) is 11.6 Å². The zero-order valence-electron chi connectivity index (χ0n) is 12.8. The Labute approximate surface area is 137 Å².